The van der Waals surface area contributed by atoms with Gasteiger partial charge in [0, 0.05) is 22.7 Å². The van der Waals surface area contributed by atoms with Crippen LogP contribution in [0.15, 0.2) is 83.8 Å². The molecule has 31 heavy (non-hydrogen) atoms. The van der Waals surface area contributed by atoms with Gasteiger partial charge in [0.25, 0.3) is 11.6 Å². The average Bonchev–Trinajstić information content (AvgIpc) is 3.27. The van der Waals surface area contributed by atoms with E-state index in [2.05, 4.69) is 20.8 Å². The fraction of sp³-hybridized carbons (Fsp3) is 0.0476. The Morgan fingerprint density at radius 2 is 1.81 bits per heavy atom. The minimum Gasteiger partial charge on any atom is -0.322 e. The van der Waals surface area contributed by atoms with Gasteiger partial charge in [0.05, 0.1) is 21.9 Å². The van der Waals surface area contributed by atoms with Crippen molar-refractivity contribution < 1.29 is 9.72 Å². The van der Waals surface area contributed by atoms with Crippen molar-refractivity contribution in [2.75, 3.05) is 5.32 Å². The number of nitrogens with one attached hydrogen (secondary N) is 1. The van der Waals surface area contributed by atoms with Crippen molar-refractivity contribution in [1.29, 1.82) is 0 Å². The summed E-state index contributed by atoms with van der Waals surface area (Å²) < 4.78 is 1.65. The second-order valence-electron chi connectivity index (χ2n) is 6.39. The number of non-ortho nitro benzene ring substituents is 1. The van der Waals surface area contributed by atoms with Gasteiger partial charge in [0.15, 0.2) is 5.82 Å². The van der Waals surface area contributed by atoms with Gasteiger partial charge in [-0.1, -0.05) is 36.4 Å². The van der Waals surface area contributed by atoms with Gasteiger partial charge in [-0.15, -0.1) is 16.9 Å². The lowest BCUT2D eigenvalue weighted by molar-refractivity contribution is -0.384. The lowest BCUT2D eigenvalue weighted by atomic mass is 10.2. The molecule has 3 aromatic carbocycles. The number of tetrazole rings is 1. The van der Waals surface area contributed by atoms with E-state index >= 15 is 0 Å². The zero-order valence-electron chi connectivity index (χ0n) is 16.1. The highest BCUT2D eigenvalue weighted by molar-refractivity contribution is 7.98. The van der Waals surface area contributed by atoms with Crippen LogP contribution in [0.1, 0.15) is 16.2 Å². The van der Waals surface area contributed by atoms with Crippen LogP contribution in [0.3, 0.4) is 0 Å². The molecule has 0 radical (unpaired) electrons. The van der Waals surface area contributed by atoms with Crippen LogP contribution in [0.5, 0.6) is 0 Å². The quantitative estimate of drug-likeness (QED) is 0.265. The molecule has 4 rings (SSSR count). The molecule has 4 aromatic rings. The first-order chi connectivity index (χ1) is 15.1. The number of rotatable bonds is 7. The summed E-state index contributed by atoms with van der Waals surface area (Å²) >= 11 is 1.43. The first-order valence-corrected chi connectivity index (χ1v) is 10.2. The summed E-state index contributed by atoms with van der Waals surface area (Å²) in [5.74, 6) is 0.736. The second-order valence-corrected chi connectivity index (χ2v) is 7.41. The Morgan fingerprint density at radius 1 is 1.03 bits per heavy atom. The summed E-state index contributed by atoms with van der Waals surface area (Å²) in [5.41, 5.74) is 1.57. The average molecular weight is 432 g/mol. The van der Waals surface area contributed by atoms with Gasteiger partial charge in [0.2, 0.25) is 0 Å². The van der Waals surface area contributed by atoms with E-state index in [1.54, 1.807) is 22.9 Å². The highest BCUT2D eigenvalue weighted by Gasteiger charge is 2.15. The van der Waals surface area contributed by atoms with Crippen LogP contribution in [-0.2, 0) is 5.75 Å². The monoisotopic (exact) mass is 432 g/mol. The van der Waals surface area contributed by atoms with E-state index < -0.39 is 4.92 Å². The molecule has 0 aliphatic heterocycles. The molecular weight excluding hydrogens is 416 g/mol. The molecule has 0 bridgehead atoms. The molecule has 9 nitrogen and oxygen atoms in total. The Hall–Kier alpha value is -4.05. The molecule has 0 fully saturated rings. The fourth-order valence-corrected chi connectivity index (χ4v) is 3.84. The summed E-state index contributed by atoms with van der Waals surface area (Å²) in [4.78, 5) is 24.0. The van der Waals surface area contributed by atoms with Gasteiger partial charge in [0.1, 0.15) is 0 Å². The summed E-state index contributed by atoms with van der Waals surface area (Å²) in [6.45, 7) is 0. The summed E-state index contributed by atoms with van der Waals surface area (Å²) in [6, 6.07) is 22.5. The van der Waals surface area contributed by atoms with Gasteiger partial charge in [-0.2, -0.15) is 4.68 Å². The highest BCUT2D eigenvalue weighted by Crippen LogP contribution is 2.27. The van der Waals surface area contributed by atoms with Crippen molar-refractivity contribution in [3.8, 4) is 5.69 Å². The number of anilines is 1. The molecule has 10 heteroatoms. The van der Waals surface area contributed by atoms with Crippen LogP contribution in [0.4, 0.5) is 11.4 Å². The van der Waals surface area contributed by atoms with Crippen LogP contribution in [0.25, 0.3) is 5.69 Å². The number of benzene rings is 3. The Kier molecular flexibility index (Phi) is 5.99. The van der Waals surface area contributed by atoms with Gasteiger partial charge in [-0.05, 0) is 40.8 Å². The SMILES string of the molecule is O=C(Nc1cccc([N+](=O)[O-])c1)c1ccccc1SCc1nnnn1-c1ccccc1. The predicted molar refractivity (Wildman–Crippen MR) is 116 cm³/mol. The molecule has 1 amide bonds. The van der Waals surface area contributed by atoms with Gasteiger partial charge in [-0.25, -0.2) is 0 Å². The molecule has 0 aliphatic rings. The zero-order valence-corrected chi connectivity index (χ0v) is 16.9. The van der Waals surface area contributed by atoms with Crippen molar-refractivity contribution in [2.24, 2.45) is 0 Å². The minimum absolute atomic E-state index is 0.0896. The van der Waals surface area contributed by atoms with Crippen molar-refractivity contribution in [3.05, 3.63) is 100 Å². The predicted octanol–water partition coefficient (Wildman–Crippen LogP) is 4.12. The number of thioether (sulfide) groups is 1. The summed E-state index contributed by atoms with van der Waals surface area (Å²) in [7, 11) is 0. The number of aromatic nitrogens is 4. The van der Waals surface area contributed by atoms with E-state index in [0.29, 0.717) is 22.8 Å². The molecule has 0 saturated carbocycles. The van der Waals surface area contributed by atoms with Crippen LogP contribution >= 0.6 is 11.8 Å². The van der Waals surface area contributed by atoms with E-state index in [4.69, 9.17) is 0 Å². The fourth-order valence-electron chi connectivity index (χ4n) is 2.88. The molecule has 1 heterocycles. The van der Waals surface area contributed by atoms with E-state index in [9.17, 15) is 14.9 Å². The topological polar surface area (TPSA) is 116 Å². The maximum absolute atomic E-state index is 12.8. The number of para-hydroxylation sites is 1. The molecule has 0 saturated heterocycles. The summed E-state index contributed by atoms with van der Waals surface area (Å²) in [5, 5.41) is 25.6. The Bertz CT molecular complexity index is 1230. The van der Waals surface area contributed by atoms with E-state index in [1.165, 1.54) is 30.0 Å². The van der Waals surface area contributed by atoms with E-state index in [-0.39, 0.29) is 11.6 Å². The normalized spacial score (nSPS) is 10.6. The Balaban J connectivity index is 1.51. The number of carbonyl (C=O) groups excluding carboxylic acids is 1. The van der Waals surface area contributed by atoms with E-state index in [0.717, 1.165) is 10.6 Å². The maximum Gasteiger partial charge on any atom is 0.271 e. The third kappa shape index (κ3) is 4.75. The number of nitrogens with zero attached hydrogens (tertiary/aromatic N) is 5. The van der Waals surface area contributed by atoms with Crippen molar-refractivity contribution in [1.82, 2.24) is 20.2 Å². The van der Waals surface area contributed by atoms with Crippen molar-refractivity contribution >= 4 is 29.0 Å². The molecule has 1 aromatic heterocycles. The molecule has 0 unspecified atom stereocenters. The summed E-state index contributed by atoms with van der Waals surface area (Å²) in [6.07, 6.45) is 0. The van der Waals surface area contributed by atoms with Crippen molar-refractivity contribution in [3.63, 3.8) is 0 Å². The highest BCUT2D eigenvalue weighted by atomic mass is 32.2. The zero-order chi connectivity index (χ0) is 21.6. The van der Waals surface area contributed by atoms with Crippen LogP contribution in [0, 0.1) is 10.1 Å². The largest absolute Gasteiger partial charge is 0.322 e. The Labute approximate surface area is 181 Å². The van der Waals surface area contributed by atoms with Crippen molar-refractivity contribution in [2.45, 2.75) is 10.6 Å². The van der Waals surface area contributed by atoms with Crippen LogP contribution in [-0.4, -0.2) is 31.0 Å². The molecule has 154 valence electrons. The number of amides is 1. The number of carbonyl (C=O) groups is 1. The second kappa shape index (κ2) is 9.18. The van der Waals surface area contributed by atoms with Crippen LogP contribution in [0.2, 0.25) is 0 Å². The van der Waals surface area contributed by atoms with Gasteiger partial charge in [-0.3, -0.25) is 14.9 Å². The smallest absolute Gasteiger partial charge is 0.271 e. The number of nitro benzene ring substituents is 1. The lowest BCUT2D eigenvalue weighted by Gasteiger charge is -2.10. The first-order valence-electron chi connectivity index (χ1n) is 9.22. The third-order valence-corrected chi connectivity index (χ3v) is 5.41. The lowest BCUT2D eigenvalue weighted by Crippen LogP contribution is -2.13. The minimum atomic E-state index is -0.504. The van der Waals surface area contributed by atoms with Gasteiger partial charge >= 0.3 is 0 Å². The molecule has 0 atom stereocenters. The molecule has 1 N–H and O–H groups in total. The number of hydrogen-bond donors (Lipinski definition) is 1. The number of nitro groups is 1. The molecule has 0 spiro atoms. The Morgan fingerprint density at radius 3 is 2.61 bits per heavy atom. The third-order valence-electron chi connectivity index (χ3n) is 4.34. The van der Waals surface area contributed by atoms with Gasteiger partial charge < -0.3 is 5.32 Å². The number of hydrogen-bond acceptors (Lipinski definition) is 7. The standard InChI is InChI=1S/C21H16N6O3S/c28-21(22-15-7-6-10-17(13-15)27(29)30)18-11-4-5-12-19(18)31-14-20-23-24-25-26(20)16-8-2-1-3-9-16/h1-13H,14H2,(H,22,28). The molecular formula is C21H16N6O3S. The molecule has 0 aliphatic carbocycles. The van der Waals surface area contributed by atoms with Crippen LogP contribution < -0.4 is 5.32 Å². The van der Waals surface area contributed by atoms with E-state index in [1.807, 2.05) is 42.5 Å². The first kappa shape index (κ1) is 20.2. The maximum atomic E-state index is 12.8.